The molecule has 1 aliphatic heterocycles. The molecule has 1 aromatic rings. The maximum Gasteiger partial charge on any atom is 0.182 e. The molecule has 1 aromatic carbocycles. The molecule has 0 bridgehead atoms. The van der Waals surface area contributed by atoms with Crippen molar-refractivity contribution in [2.75, 3.05) is 6.54 Å². The molecule has 0 N–H and O–H groups in total. The third-order valence-corrected chi connectivity index (χ3v) is 2.54. The molecule has 1 atom stereocenters. The van der Waals surface area contributed by atoms with Crippen LogP contribution in [0, 0.1) is 17.1 Å². The molecule has 16 heavy (non-hydrogen) atoms. The Hall–Kier alpha value is -1.60. The van der Waals surface area contributed by atoms with Crippen molar-refractivity contribution in [3.8, 4) is 11.8 Å². The number of hydrogen-bond acceptors (Lipinski definition) is 2. The van der Waals surface area contributed by atoms with Crippen LogP contribution in [0.2, 0.25) is 0 Å². The predicted molar refractivity (Wildman–Crippen MR) is 56.4 cm³/mol. The van der Waals surface area contributed by atoms with Crippen LogP contribution in [0.4, 0.5) is 4.39 Å². The fourth-order valence-electron chi connectivity index (χ4n) is 1.69. The third kappa shape index (κ3) is 2.31. The lowest BCUT2D eigenvalue weighted by Crippen LogP contribution is -2.33. The fraction of sp³-hybridized carbons (Fsp3) is 0.417. The lowest BCUT2D eigenvalue weighted by atomic mass is 10.1. The Balaban J connectivity index is 2.12. The summed E-state index contributed by atoms with van der Waals surface area (Å²) in [5.74, 6) is -0.472. The molecular weight excluding hydrogens is 207 g/mol. The van der Waals surface area contributed by atoms with E-state index in [0.717, 1.165) is 25.8 Å². The summed E-state index contributed by atoms with van der Waals surface area (Å²) in [6.45, 7) is 0.768. The molecular formula is C12H12FN2O. The van der Waals surface area contributed by atoms with Gasteiger partial charge in [0, 0.05) is 6.54 Å². The summed E-state index contributed by atoms with van der Waals surface area (Å²) in [4.78, 5) is 0. The smallest absolute Gasteiger partial charge is 0.182 e. The molecule has 1 heterocycles. The quantitative estimate of drug-likeness (QED) is 0.765. The normalized spacial score (nSPS) is 20.1. The summed E-state index contributed by atoms with van der Waals surface area (Å²) < 4.78 is 19.1. The second-order valence-corrected chi connectivity index (χ2v) is 3.70. The molecule has 1 radical (unpaired) electrons. The highest BCUT2D eigenvalue weighted by Gasteiger charge is 2.18. The number of ether oxygens (including phenoxy) is 1. The predicted octanol–water partition coefficient (Wildman–Crippen LogP) is 2.19. The van der Waals surface area contributed by atoms with E-state index in [1.54, 1.807) is 12.1 Å². The summed E-state index contributed by atoms with van der Waals surface area (Å²) in [5.41, 5.74) is 0.00769. The minimum Gasteiger partial charge on any atom is -0.471 e. The summed E-state index contributed by atoms with van der Waals surface area (Å²) in [6, 6.07) is 6.36. The molecule has 4 heteroatoms. The Morgan fingerprint density at radius 1 is 1.44 bits per heavy atom. The minimum absolute atomic E-state index is 0.00769. The Kier molecular flexibility index (Phi) is 3.37. The number of nitriles is 1. The summed E-state index contributed by atoms with van der Waals surface area (Å²) in [5, 5.41) is 12.9. The van der Waals surface area contributed by atoms with Gasteiger partial charge in [-0.05, 0) is 31.4 Å². The molecule has 2 rings (SSSR count). The van der Waals surface area contributed by atoms with Gasteiger partial charge in [0.05, 0.1) is 5.56 Å². The molecule has 3 nitrogen and oxygen atoms in total. The van der Waals surface area contributed by atoms with E-state index in [0.29, 0.717) is 0 Å². The molecule has 0 aromatic heterocycles. The van der Waals surface area contributed by atoms with Crippen molar-refractivity contribution in [2.45, 2.75) is 25.5 Å². The van der Waals surface area contributed by atoms with Gasteiger partial charge in [-0.15, -0.1) is 0 Å². The number of halogens is 1. The Morgan fingerprint density at radius 3 is 3.00 bits per heavy atom. The highest BCUT2D eigenvalue weighted by atomic mass is 19.1. The van der Waals surface area contributed by atoms with Crippen LogP contribution in [0.25, 0.3) is 0 Å². The zero-order valence-electron chi connectivity index (χ0n) is 8.82. The standard InChI is InChI=1S/C12H12FN2O/c13-12-9(8-14)4-3-5-10(12)16-11-6-1-2-7-15-11/h3-5,11H,1-2,6-7H2. The van der Waals surface area contributed by atoms with E-state index in [-0.39, 0.29) is 17.5 Å². The van der Waals surface area contributed by atoms with Gasteiger partial charge in [-0.3, -0.25) is 0 Å². The molecule has 83 valence electrons. The van der Waals surface area contributed by atoms with Crippen LogP contribution in [-0.4, -0.2) is 12.8 Å². The average Bonchev–Trinajstić information content (AvgIpc) is 2.33. The molecule has 0 amide bonds. The largest absolute Gasteiger partial charge is 0.471 e. The Labute approximate surface area is 93.8 Å². The van der Waals surface area contributed by atoms with Gasteiger partial charge >= 0.3 is 0 Å². The maximum absolute atomic E-state index is 13.6. The van der Waals surface area contributed by atoms with E-state index in [2.05, 4.69) is 5.32 Å². The second-order valence-electron chi connectivity index (χ2n) is 3.70. The summed E-state index contributed by atoms with van der Waals surface area (Å²) >= 11 is 0. The van der Waals surface area contributed by atoms with Crippen LogP contribution in [0.5, 0.6) is 5.75 Å². The first kappa shape index (κ1) is 10.9. The van der Waals surface area contributed by atoms with Gasteiger partial charge in [-0.1, -0.05) is 6.07 Å². The van der Waals surface area contributed by atoms with E-state index >= 15 is 0 Å². The van der Waals surface area contributed by atoms with E-state index in [4.69, 9.17) is 10.00 Å². The fourth-order valence-corrected chi connectivity index (χ4v) is 1.69. The van der Waals surface area contributed by atoms with Crippen molar-refractivity contribution in [3.05, 3.63) is 29.6 Å². The molecule has 1 unspecified atom stereocenters. The number of hydrogen-bond donors (Lipinski definition) is 0. The van der Waals surface area contributed by atoms with Crippen LogP contribution in [-0.2, 0) is 0 Å². The van der Waals surface area contributed by atoms with Crippen LogP contribution in [0.15, 0.2) is 18.2 Å². The van der Waals surface area contributed by atoms with Gasteiger partial charge in [0.1, 0.15) is 6.07 Å². The van der Waals surface area contributed by atoms with Crippen LogP contribution in [0.1, 0.15) is 24.8 Å². The SMILES string of the molecule is N#Cc1cccc(OC2CCCC[N]2)c1F. The van der Waals surface area contributed by atoms with Gasteiger partial charge in [0.25, 0.3) is 0 Å². The number of benzene rings is 1. The van der Waals surface area contributed by atoms with E-state index < -0.39 is 5.82 Å². The van der Waals surface area contributed by atoms with Crippen molar-refractivity contribution in [2.24, 2.45) is 0 Å². The van der Waals surface area contributed by atoms with E-state index in [9.17, 15) is 4.39 Å². The molecule has 0 spiro atoms. The zero-order chi connectivity index (χ0) is 11.4. The van der Waals surface area contributed by atoms with Crippen molar-refractivity contribution >= 4 is 0 Å². The van der Waals surface area contributed by atoms with Crippen LogP contribution in [0.3, 0.4) is 0 Å². The second kappa shape index (κ2) is 4.95. The third-order valence-electron chi connectivity index (χ3n) is 2.54. The topological polar surface area (TPSA) is 47.1 Å². The molecule has 0 saturated carbocycles. The van der Waals surface area contributed by atoms with Crippen molar-refractivity contribution < 1.29 is 9.13 Å². The number of rotatable bonds is 2. The van der Waals surface area contributed by atoms with Gasteiger partial charge in [-0.25, -0.2) is 9.71 Å². The minimum atomic E-state index is -0.592. The van der Waals surface area contributed by atoms with E-state index in [1.807, 2.05) is 0 Å². The van der Waals surface area contributed by atoms with Gasteiger partial charge in [0.15, 0.2) is 17.8 Å². The lowest BCUT2D eigenvalue weighted by molar-refractivity contribution is 0.122. The highest BCUT2D eigenvalue weighted by molar-refractivity contribution is 5.38. The Morgan fingerprint density at radius 2 is 2.31 bits per heavy atom. The molecule has 1 aliphatic rings. The molecule has 0 aliphatic carbocycles. The number of piperidine rings is 1. The van der Waals surface area contributed by atoms with Crippen molar-refractivity contribution in [1.82, 2.24) is 5.32 Å². The monoisotopic (exact) mass is 219 g/mol. The highest BCUT2D eigenvalue weighted by Crippen LogP contribution is 2.22. The maximum atomic E-state index is 13.6. The number of nitrogens with zero attached hydrogens (tertiary/aromatic N) is 2. The Bertz CT molecular complexity index is 408. The first-order valence-corrected chi connectivity index (χ1v) is 5.33. The summed E-state index contributed by atoms with van der Waals surface area (Å²) in [7, 11) is 0. The van der Waals surface area contributed by atoms with Gasteiger partial charge in [0.2, 0.25) is 0 Å². The van der Waals surface area contributed by atoms with Crippen LogP contribution >= 0.6 is 0 Å². The lowest BCUT2D eigenvalue weighted by Gasteiger charge is -2.22. The first-order valence-electron chi connectivity index (χ1n) is 5.33. The van der Waals surface area contributed by atoms with Gasteiger partial charge < -0.3 is 4.74 Å². The van der Waals surface area contributed by atoms with Crippen LogP contribution < -0.4 is 10.1 Å². The summed E-state index contributed by atoms with van der Waals surface area (Å²) in [6.07, 6.45) is 2.67. The van der Waals surface area contributed by atoms with E-state index in [1.165, 1.54) is 12.1 Å². The molecule has 1 saturated heterocycles. The molecule has 1 fully saturated rings. The first-order chi connectivity index (χ1) is 7.81. The zero-order valence-corrected chi connectivity index (χ0v) is 8.82. The van der Waals surface area contributed by atoms with Crippen molar-refractivity contribution in [1.29, 1.82) is 5.26 Å². The average molecular weight is 219 g/mol. The van der Waals surface area contributed by atoms with Gasteiger partial charge in [-0.2, -0.15) is 5.26 Å². The van der Waals surface area contributed by atoms with Crippen molar-refractivity contribution in [3.63, 3.8) is 0 Å².